The maximum atomic E-state index is 12.6. The number of amides is 1. The molecule has 0 aromatic carbocycles. The summed E-state index contributed by atoms with van der Waals surface area (Å²) in [5.74, 6) is 1.62. The molecule has 124 valence electrons. The highest BCUT2D eigenvalue weighted by molar-refractivity contribution is 6.04. The number of hydrogen-bond acceptors (Lipinski definition) is 3. The van der Waals surface area contributed by atoms with Gasteiger partial charge >= 0.3 is 0 Å². The lowest BCUT2D eigenvalue weighted by Crippen LogP contribution is -2.25. The van der Waals surface area contributed by atoms with E-state index in [-0.39, 0.29) is 5.91 Å². The average molecular weight is 314 g/mol. The van der Waals surface area contributed by atoms with E-state index in [0.717, 1.165) is 54.9 Å². The van der Waals surface area contributed by atoms with Gasteiger partial charge in [-0.2, -0.15) is 0 Å². The monoisotopic (exact) mass is 314 g/mol. The van der Waals surface area contributed by atoms with Crippen LogP contribution in [0.4, 0.5) is 0 Å². The van der Waals surface area contributed by atoms with Crippen molar-refractivity contribution < 1.29 is 4.79 Å². The Morgan fingerprint density at radius 1 is 1.30 bits per heavy atom. The van der Waals surface area contributed by atoms with E-state index in [0.29, 0.717) is 18.0 Å². The topological polar surface area (TPSA) is 59.8 Å². The van der Waals surface area contributed by atoms with Gasteiger partial charge < -0.3 is 9.88 Å². The Balaban J connectivity index is 1.95. The fourth-order valence-corrected chi connectivity index (χ4v) is 3.16. The highest BCUT2D eigenvalue weighted by Crippen LogP contribution is 2.24. The Kier molecular flexibility index (Phi) is 4.64. The number of hydrogen-bond donors (Lipinski definition) is 1. The number of pyridine rings is 1. The summed E-state index contributed by atoms with van der Waals surface area (Å²) in [5, 5.41) is 3.03. The predicted octanol–water partition coefficient (Wildman–Crippen LogP) is 3.24. The lowest BCUT2D eigenvalue weighted by Gasteiger charge is -2.09. The third-order valence-electron chi connectivity index (χ3n) is 4.44. The summed E-state index contributed by atoms with van der Waals surface area (Å²) in [4.78, 5) is 22.0. The minimum absolute atomic E-state index is 0.0330. The fourth-order valence-electron chi connectivity index (χ4n) is 3.16. The Morgan fingerprint density at radius 2 is 2.13 bits per heavy atom. The standard InChI is InChI=1S/C18H26N4O/c1-12(2)8-9-19-18(23)14-11-13(3)20-17-16(14)21-15-7-5-4-6-10-22(15)17/h11-12H,4-10H2,1-3H3,(H,19,23). The first-order valence-electron chi connectivity index (χ1n) is 8.71. The first-order valence-corrected chi connectivity index (χ1v) is 8.71. The van der Waals surface area contributed by atoms with Crippen LogP contribution in [0, 0.1) is 12.8 Å². The van der Waals surface area contributed by atoms with Gasteiger partial charge in [0.05, 0.1) is 5.56 Å². The minimum Gasteiger partial charge on any atom is -0.352 e. The maximum Gasteiger partial charge on any atom is 0.253 e. The third kappa shape index (κ3) is 3.38. The van der Waals surface area contributed by atoms with Gasteiger partial charge in [0.25, 0.3) is 5.91 Å². The Hall–Kier alpha value is -1.91. The maximum absolute atomic E-state index is 12.6. The van der Waals surface area contributed by atoms with Crippen molar-refractivity contribution in [3.8, 4) is 0 Å². The Labute approximate surface area is 137 Å². The molecule has 3 heterocycles. The normalized spacial score (nSPS) is 14.8. The number of imidazole rings is 1. The highest BCUT2D eigenvalue weighted by atomic mass is 16.1. The summed E-state index contributed by atoms with van der Waals surface area (Å²) in [6, 6.07) is 1.86. The molecule has 2 aromatic rings. The molecular formula is C18H26N4O. The molecule has 0 fully saturated rings. The van der Waals surface area contributed by atoms with Crippen LogP contribution in [0.25, 0.3) is 11.2 Å². The minimum atomic E-state index is -0.0330. The van der Waals surface area contributed by atoms with E-state index < -0.39 is 0 Å². The van der Waals surface area contributed by atoms with Gasteiger partial charge in [-0.1, -0.05) is 20.3 Å². The number of aromatic nitrogens is 3. The van der Waals surface area contributed by atoms with Crippen LogP contribution >= 0.6 is 0 Å². The summed E-state index contributed by atoms with van der Waals surface area (Å²) < 4.78 is 2.21. The molecule has 0 aliphatic carbocycles. The number of aryl methyl sites for hydroxylation is 3. The SMILES string of the molecule is Cc1cc(C(=O)NCCC(C)C)c2nc3n(c2n1)CCCCC3. The van der Waals surface area contributed by atoms with Crippen molar-refractivity contribution >= 4 is 17.1 Å². The van der Waals surface area contributed by atoms with Gasteiger partial charge in [0.2, 0.25) is 0 Å². The average Bonchev–Trinajstić information content (AvgIpc) is 2.69. The second-order valence-electron chi connectivity index (χ2n) is 6.91. The van der Waals surface area contributed by atoms with Crippen LogP contribution < -0.4 is 5.32 Å². The van der Waals surface area contributed by atoms with Crippen molar-refractivity contribution in [3.63, 3.8) is 0 Å². The smallest absolute Gasteiger partial charge is 0.253 e. The first kappa shape index (κ1) is 16.0. The van der Waals surface area contributed by atoms with Crippen LogP contribution in [0.5, 0.6) is 0 Å². The molecule has 5 heteroatoms. The van der Waals surface area contributed by atoms with E-state index >= 15 is 0 Å². The highest BCUT2D eigenvalue weighted by Gasteiger charge is 2.20. The zero-order valence-electron chi connectivity index (χ0n) is 14.4. The molecule has 0 saturated carbocycles. The van der Waals surface area contributed by atoms with Gasteiger partial charge in [0, 0.05) is 25.2 Å². The summed E-state index contributed by atoms with van der Waals surface area (Å²) >= 11 is 0. The molecule has 1 N–H and O–H groups in total. The largest absolute Gasteiger partial charge is 0.352 e. The molecule has 0 radical (unpaired) electrons. The lowest BCUT2D eigenvalue weighted by atomic mass is 10.1. The van der Waals surface area contributed by atoms with E-state index in [1.54, 1.807) is 0 Å². The summed E-state index contributed by atoms with van der Waals surface area (Å²) in [6.45, 7) is 7.92. The van der Waals surface area contributed by atoms with E-state index in [1.807, 2.05) is 13.0 Å². The van der Waals surface area contributed by atoms with Crippen molar-refractivity contribution in [2.75, 3.05) is 6.54 Å². The Morgan fingerprint density at radius 3 is 2.91 bits per heavy atom. The third-order valence-corrected chi connectivity index (χ3v) is 4.44. The van der Waals surface area contributed by atoms with Gasteiger partial charge in [0.15, 0.2) is 5.65 Å². The molecule has 3 rings (SSSR count). The second kappa shape index (κ2) is 6.69. The molecule has 0 unspecified atom stereocenters. The van der Waals surface area contributed by atoms with E-state index in [2.05, 4.69) is 28.7 Å². The fraction of sp³-hybridized carbons (Fsp3) is 0.611. The van der Waals surface area contributed by atoms with Crippen molar-refractivity contribution in [2.24, 2.45) is 5.92 Å². The number of carbonyl (C=O) groups is 1. The van der Waals surface area contributed by atoms with Crippen LogP contribution in [-0.4, -0.2) is 27.0 Å². The van der Waals surface area contributed by atoms with Crippen LogP contribution in [0.2, 0.25) is 0 Å². The number of nitrogens with one attached hydrogen (secondary N) is 1. The zero-order chi connectivity index (χ0) is 16.4. The number of carbonyl (C=O) groups excluding carboxylic acids is 1. The zero-order valence-corrected chi connectivity index (χ0v) is 14.4. The molecule has 0 atom stereocenters. The number of nitrogens with zero attached hydrogens (tertiary/aromatic N) is 3. The van der Waals surface area contributed by atoms with Gasteiger partial charge in [-0.25, -0.2) is 9.97 Å². The molecule has 1 aliphatic heterocycles. The van der Waals surface area contributed by atoms with Crippen LogP contribution in [0.3, 0.4) is 0 Å². The lowest BCUT2D eigenvalue weighted by molar-refractivity contribution is 0.0953. The van der Waals surface area contributed by atoms with Gasteiger partial charge in [-0.3, -0.25) is 4.79 Å². The second-order valence-corrected chi connectivity index (χ2v) is 6.91. The summed E-state index contributed by atoms with van der Waals surface area (Å²) in [5.41, 5.74) is 3.17. The van der Waals surface area contributed by atoms with Crippen molar-refractivity contribution in [2.45, 2.75) is 59.4 Å². The van der Waals surface area contributed by atoms with Gasteiger partial charge in [0.1, 0.15) is 11.3 Å². The molecule has 2 aromatic heterocycles. The number of rotatable bonds is 4. The molecule has 23 heavy (non-hydrogen) atoms. The molecule has 0 spiro atoms. The van der Waals surface area contributed by atoms with Crippen molar-refractivity contribution in [3.05, 3.63) is 23.1 Å². The predicted molar refractivity (Wildman–Crippen MR) is 91.6 cm³/mol. The quantitative estimate of drug-likeness (QED) is 0.942. The molecule has 1 aliphatic rings. The summed E-state index contributed by atoms with van der Waals surface area (Å²) in [7, 11) is 0. The van der Waals surface area contributed by atoms with Gasteiger partial charge in [-0.05, 0) is 38.2 Å². The molecule has 5 nitrogen and oxygen atoms in total. The molecule has 0 bridgehead atoms. The van der Waals surface area contributed by atoms with Crippen molar-refractivity contribution in [1.82, 2.24) is 19.9 Å². The summed E-state index contributed by atoms with van der Waals surface area (Å²) in [6.07, 6.45) is 5.52. The van der Waals surface area contributed by atoms with E-state index in [1.165, 1.54) is 6.42 Å². The molecular weight excluding hydrogens is 288 g/mol. The number of fused-ring (bicyclic) bond motifs is 3. The molecule has 0 saturated heterocycles. The van der Waals surface area contributed by atoms with Crippen LogP contribution in [0.15, 0.2) is 6.07 Å². The van der Waals surface area contributed by atoms with E-state index in [9.17, 15) is 4.79 Å². The van der Waals surface area contributed by atoms with E-state index in [4.69, 9.17) is 4.98 Å². The van der Waals surface area contributed by atoms with Crippen molar-refractivity contribution in [1.29, 1.82) is 0 Å². The van der Waals surface area contributed by atoms with Crippen LogP contribution in [0.1, 0.15) is 61.4 Å². The van der Waals surface area contributed by atoms with Gasteiger partial charge in [-0.15, -0.1) is 0 Å². The van der Waals surface area contributed by atoms with Crippen LogP contribution in [-0.2, 0) is 13.0 Å². The molecule has 1 amide bonds. The Bertz CT molecular complexity index is 717. The first-order chi connectivity index (χ1) is 11.1.